The van der Waals surface area contributed by atoms with Crippen LogP contribution in [0.1, 0.15) is 5.56 Å². The number of nitrogens with zero attached hydrogens (tertiary/aromatic N) is 1. The van der Waals surface area contributed by atoms with E-state index >= 15 is 0 Å². The van der Waals surface area contributed by atoms with Crippen LogP contribution in [-0.4, -0.2) is 48.8 Å². The molecule has 0 spiro atoms. The van der Waals surface area contributed by atoms with Crippen molar-refractivity contribution in [1.29, 1.82) is 0 Å². The zero-order chi connectivity index (χ0) is 11.4. The summed E-state index contributed by atoms with van der Waals surface area (Å²) in [5.41, 5.74) is 1.37. The average Bonchev–Trinajstić information content (AvgIpc) is 2.31. The number of hydrogen-bond acceptors (Lipinski definition) is 3. The second-order valence-electron chi connectivity index (χ2n) is 4.57. The molecule has 2 N–H and O–H groups in total. The third-order valence-electron chi connectivity index (χ3n) is 3.31. The summed E-state index contributed by atoms with van der Waals surface area (Å²) in [5.74, 6) is 0. The van der Waals surface area contributed by atoms with Gasteiger partial charge in [0.15, 0.2) is 0 Å². The van der Waals surface area contributed by atoms with Crippen molar-refractivity contribution in [3.63, 3.8) is 0 Å². The molecule has 88 valence electrons. The summed E-state index contributed by atoms with van der Waals surface area (Å²) in [5, 5.41) is 12.7. The molecule has 1 saturated heterocycles. The van der Waals surface area contributed by atoms with Crippen molar-refractivity contribution in [3.8, 4) is 0 Å². The van der Waals surface area contributed by atoms with Crippen molar-refractivity contribution >= 4 is 0 Å². The minimum absolute atomic E-state index is 0.238. The number of nitrogens with one attached hydrogen (secondary N) is 1. The number of likely N-dealkylation sites (N-methyl/N-ethyl adjacent to an activating group) is 1. The van der Waals surface area contributed by atoms with Gasteiger partial charge in [-0.2, -0.15) is 0 Å². The van der Waals surface area contributed by atoms with Crippen molar-refractivity contribution in [2.75, 3.05) is 26.7 Å². The highest BCUT2D eigenvalue weighted by Gasteiger charge is 2.24. The Morgan fingerprint density at radius 2 is 2.12 bits per heavy atom. The normalized spacial score (nSPS) is 26.9. The Kier molecular flexibility index (Phi) is 3.93. The lowest BCUT2D eigenvalue weighted by atomic mass is 10.0. The molecule has 16 heavy (non-hydrogen) atoms. The van der Waals surface area contributed by atoms with E-state index in [0.29, 0.717) is 6.04 Å². The van der Waals surface area contributed by atoms with Gasteiger partial charge in [-0.25, -0.2) is 0 Å². The van der Waals surface area contributed by atoms with Crippen molar-refractivity contribution in [3.05, 3.63) is 35.9 Å². The molecule has 2 atom stereocenters. The first kappa shape index (κ1) is 11.6. The van der Waals surface area contributed by atoms with Crippen LogP contribution in [0.2, 0.25) is 0 Å². The van der Waals surface area contributed by atoms with Gasteiger partial charge in [-0.3, -0.25) is 4.90 Å². The first-order chi connectivity index (χ1) is 7.79. The predicted octanol–water partition coefficient (Wildman–Crippen LogP) is 0.494. The second kappa shape index (κ2) is 5.43. The molecule has 0 saturated carbocycles. The highest BCUT2D eigenvalue weighted by molar-refractivity contribution is 5.16. The van der Waals surface area contributed by atoms with Crippen molar-refractivity contribution in [1.82, 2.24) is 10.2 Å². The largest absolute Gasteiger partial charge is 0.395 e. The van der Waals surface area contributed by atoms with Gasteiger partial charge >= 0.3 is 0 Å². The quantitative estimate of drug-likeness (QED) is 0.778. The summed E-state index contributed by atoms with van der Waals surface area (Å²) in [4.78, 5) is 2.24. The molecule has 3 nitrogen and oxygen atoms in total. The summed E-state index contributed by atoms with van der Waals surface area (Å²) < 4.78 is 0. The predicted molar refractivity (Wildman–Crippen MR) is 65.4 cm³/mol. The minimum Gasteiger partial charge on any atom is -0.395 e. The molecule has 0 bridgehead atoms. The van der Waals surface area contributed by atoms with Gasteiger partial charge in [-0.1, -0.05) is 30.3 Å². The number of hydrogen-bond donors (Lipinski definition) is 2. The lowest BCUT2D eigenvalue weighted by molar-refractivity contribution is 0.103. The van der Waals surface area contributed by atoms with Crippen LogP contribution in [0.4, 0.5) is 0 Å². The van der Waals surface area contributed by atoms with Gasteiger partial charge in [-0.15, -0.1) is 0 Å². The smallest absolute Gasteiger partial charge is 0.0599 e. The van der Waals surface area contributed by atoms with Crippen LogP contribution in [0, 0.1) is 0 Å². The summed E-state index contributed by atoms with van der Waals surface area (Å²) in [6.45, 7) is 2.12. The molecular weight excluding hydrogens is 200 g/mol. The van der Waals surface area contributed by atoms with Gasteiger partial charge in [0.05, 0.1) is 6.61 Å². The van der Waals surface area contributed by atoms with Gasteiger partial charge in [-0.05, 0) is 19.0 Å². The number of aliphatic hydroxyl groups excluding tert-OH is 1. The van der Waals surface area contributed by atoms with E-state index in [1.807, 2.05) is 6.07 Å². The van der Waals surface area contributed by atoms with E-state index in [2.05, 4.69) is 41.5 Å². The molecule has 1 heterocycles. The van der Waals surface area contributed by atoms with E-state index in [1.165, 1.54) is 5.56 Å². The zero-order valence-corrected chi connectivity index (χ0v) is 9.76. The van der Waals surface area contributed by atoms with E-state index in [9.17, 15) is 0 Å². The summed E-state index contributed by atoms with van der Waals surface area (Å²) in [7, 11) is 2.08. The monoisotopic (exact) mass is 220 g/mol. The Hall–Kier alpha value is -0.900. The summed E-state index contributed by atoms with van der Waals surface area (Å²) >= 11 is 0. The molecule has 1 aliphatic rings. The van der Waals surface area contributed by atoms with Crippen molar-refractivity contribution < 1.29 is 5.11 Å². The van der Waals surface area contributed by atoms with E-state index in [-0.39, 0.29) is 12.6 Å². The van der Waals surface area contributed by atoms with E-state index in [0.717, 1.165) is 19.5 Å². The molecule has 0 amide bonds. The van der Waals surface area contributed by atoms with Gasteiger partial charge in [0.25, 0.3) is 0 Å². The van der Waals surface area contributed by atoms with Crippen molar-refractivity contribution in [2.45, 2.75) is 18.5 Å². The van der Waals surface area contributed by atoms with Crippen molar-refractivity contribution in [2.24, 2.45) is 0 Å². The Balaban J connectivity index is 1.89. The summed E-state index contributed by atoms with van der Waals surface area (Å²) in [6, 6.07) is 11.3. The molecule has 1 aliphatic heterocycles. The van der Waals surface area contributed by atoms with Crippen LogP contribution in [0.15, 0.2) is 30.3 Å². The van der Waals surface area contributed by atoms with E-state index in [4.69, 9.17) is 5.11 Å². The molecule has 1 fully saturated rings. The molecule has 2 unspecified atom stereocenters. The van der Waals surface area contributed by atoms with E-state index < -0.39 is 0 Å². The zero-order valence-electron chi connectivity index (χ0n) is 9.76. The maximum absolute atomic E-state index is 9.16. The Labute approximate surface area is 97.1 Å². The molecule has 1 aromatic rings. The molecule has 0 aliphatic carbocycles. The number of piperazine rings is 1. The van der Waals surface area contributed by atoms with Crippen LogP contribution in [-0.2, 0) is 6.42 Å². The molecule has 1 aromatic carbocycles. The summed E-state index contributed by atoms with van der Waals surface area (Å²) in [6.07, 6.45) is 1.06. The fraction of sp³-hybridized carbons (Fsp3) is 0.538. The lowest BCUT2D eigenvalue weighted by Gasteiger charge is -2.37. The number of aliphatic hydroxyl groups is 1. The van der Waals surface area contributed by atoms with Gasteiger partial charge in [0.1, 0.15) is 0 Å². The Morgan fingerprint density at radius 1 is 1.38 bits per heavy atom. The standard InChI is InChI=1S/C13H20N2O/c1-15-9-12(14-8-13(15)10-16)7-11-5-3-2-4-6-11/h2-6,12-14,16H,7-10H2,1H3. The van der Waals surface area contributed by atoms with Gasteiger partial charge in [0, 0.05) is 25.2 Å². The van der Waals surface area contributed by atoms with Crippen LogP contribution in [0.5, 0.6) is 0 Å². The second-order valence-corrected chi connectivity index (χ2v) is 4.57. The highest BCUT2D eigenvalue weighted by atomic mass is 16.3. The van der Waals surface area contributed by atoms with Crippen LogP contribution in [0.25, 0.3) is 0 Å². The van der Waals surface area contributed by atoms with Crippen LogP contribution in [0.3, 0.4) is 0 Å². The first-order valence-corrected chi connectivity index (χ1v) is 5.88. The maximum atomic E-state index is 9.16. The van der Waals surface area contributed by atoms with Crippen LogP contribution >= 0.6 is 0 Å². The minimum atomic E-state index is 0.238. The SMILES string of the molecule is CN1CC(Cc2ccccc2)NCC1CO. The molecular formula is C13H20N2O. The lowest BCUT2D eigenvalue weighted by Crippen LogP contribution is -2.56. The maximum Gasteiger partial charge on any atom is 0.0599 e. The topological polar surface area (TPSA) is 35.5 Å². The number of rotatable bonds is 3. The molecule has 2 rings (SSSR count). The molecule has 0 aromatic heterocycles. The fourth-order valence-electron chi connectivity index (χ4n) is 2.26. The Morgan fingerprint density at radius 3 is 2.75 bits per heavy atom. The number of benzene rings is 1. The Bertz CT molecular complexity index is 315. The first-order valence-electron chi connectivity index (χ1n) is 5.88. The third kappa shape index (κ3) is 2.82. The third-order valence-corrected chi connectivity index (χ3v) is 3.31. The van der Waals surface area contributed by atoms with Gasteiger partial charge < -0.3 is 10.4 Å². The van der Waals surface area contributed by atoms with Gasteiger partial charge in [0.2, 0.25) is 0 Å². The van der Waals surface area contributed by atoms with Crippen LogP contribution < -0.4 is 5.32 Å². The average molecular weight is 220 g/mol. The fourth-order valence-corrected chi connectivity index (χ4v) is 2.26. The molecule has 3 heteroatoms. The van der Waals surface area contributed by atoms with E-state index in [1.54, 1.807) is 0 Å². The highest BCUT2D eigenvalue weighted by Crippen LogP contribution is 2.09. The molecule has 0 radical (unpaired) electrons.